The maximum Gasteiger partial charge on any atom is 0.346 e. The van der Waals surface area contributed by atoms with Gasteiger partial charge in [-0.15, -0.1) is 0 Å². The smallest absolute Gasteiger partial charge is 0.306 e. The van der Waals surface area contributed by atoms with Gasteiger partial charge in [-0.1, -0.05) is 41.9 Å². The lowest BCUT2D eigenvalue weighted by Crippen LogP contribution is -2.19. The molecule has 0 radical (unpaired) electrons. The van der Waals surface area contributed by atoms with Gasteiger partial charge < -0.3 is 5.32 Å². The van der Waals surface area contributed by atoms with Crippen LogP contribution in [-0.4, -0.2) is 15.8 Å². The van der Waals surface area contributed by atoms with Crippen molar-refractivity contribution in [2.75, 3.05) is 5.32 Å². The van der Waals surface area contributed by atoms with Crippen molar-refractivity contribution in [1.29, 1.82) is 0 Å². The Bertz CT molecular complexity index is 795. The molecule has 0 aliphatic carbocycles. The van der Waals surface area contributed by atoms with E-state index in [0.29, 0.717) is 10.7 Å². The third kappa shape index (κ3) is 3.02. The first-order valence-corrected chi connectivity index (χ1v) is 7.20. The second-order valence-corrected chi connectivity index (χ2v) is 5.34. The van der Waals surface area contributed by atoms with Crippen molar-refractivity contribution < 1.29 is 4.79 Å². The summed E-state index contributed by atoms with van der Waals surface area (Å²) in [6, 6.07) is 16.4. The average molecular weight is 312 g/mol. The number of anilines is 1. The zero-order chi connectivity index (χ0) is 15.5. The van der Waals surface area contributed by atoms with E-state index >= 15 is 0 Å². The van der Waals surface area contributed by atoms with Crippen molar-refractivity contribution >= 4 is 23.3 Å². The molecule has 0 saturated carbocycles. The maximum absolute atomic E-state index is 12.3. The van der Waals surface area contributed by atoms with Crippen LogP contribution in [0.2, 0.25) is 5.02 Å². The zero-order valence-electron chi connectivity index (χ0n) is 12.0. The largest absolute Gasteiger partial charge is 0.346 e. The lowest BCUT2D eigenvalue weighted by atomic mass is 10.1. The van der Waals surface area contributed by atoms with E-state index in [1.165, 1.54) is 4.68 Å². The van der Waals surface area contributed by atoms with E-state index in [-0.39, 0.29) is 6.03 Å². The second kappa shape index (κ2) is 6.03. The molecular formula is C17H14ClN3O. The minimum absolute atomic E-state index is 0.312. The number of hydrogen-bond donors (Lipinski definition) is 1. The van der Waals surface area contributed by atoms with Crippen LogP contribution in [-0.2, 0) is 0 Å². The lowest BCUT2D eigenvalue weighted by molar-refractivity contribution is 0.251. The Labute approximate surface area is 133 Å². The highest BCUT2D eigenvalue weighted by atomic mass is 35.5. The summed E-state index contributed by atoms with van der Waals surface area (Å²) in [5, 5.41) is 7.78. The Morgan fingerprint density at radius 2 is 1.77 bits per heavy atom. The van der Waals surface area contributed by atoms with Crippen LogP contribution >= 0.6 is 11.6 Å². The number of nitrogens with zero attached hydrogens (tertiary/aromatic N) is 2. The molecule has 1 amide bonds. The van der Waals surface area contributed by atoms with Gasteiger partial charge in [0.15, 0.2) is 0 Å². The van der Waals surface area contributed by atoms with Crippen molar-refractivity contribution in [2.24, 2.45) is 0 Å². The second-order valence-electron chi connectivity index (χ2n) is 4.91. The average Bonchev–Trinajstić information content (AvgIpc) is 2.92. The number of aromatic nitrogens is 2. The number of nitrogens with one attached hydrogen (secondary N) is 1. The van der Waals surface area contributed by atoms with E-state index in [2.05, 4.69) is 10.4 Å². The Balaban J connectivity index is 1.83. The zero-order valence-corrected chi connectivity index (χ0v) is 12.7. The molecule has 2 aromatic carbocycles. The molecule has 3 rings (SSSR count). The number of aryl methyl sites for hydroxylation is 1. The molecule has 0 spiro atoms. The fourth-order valence-electron chi connectivity index (χ4n) is 2.16. The fraction of sp³-hybridized carbons (Fsp3) is 0.0588. The molecule has 22 heavy (non-hydrogen) atoms. The summed E-state index contributed by atoms with van der Waals surface area (Å²) >= 11 is 5.83. The Morgan fingerprint density at radius 3 is 2.45 bits per heavy atom. The summed E-state index contributed by atoms with van der Waals surface area (Å²) < 4.78 is 1.31. The highest BCUT2D eigenvalue weighted by molar-refractivity contribution is 6.30. The molecule has 0 saturated heterocycles. The summed E-state index contributed by atoms with van der Waals surface area (Å²) in [5.41, 5.74) is 3.39. The number of halogens is 1. The molecular weight excluding hydrogens is 298 g/mol. The van der Waals surface area contributed by atoms with Gasteiger partial charge >= 0.3 is 6.03 Å². The first kappa shape index (κ1) is 14.4. The summed E-state index contributed by atoms with van der Waals surface area (Å²) in [6.07, 6.45) is 1.72. The van der Waals surface area contributed by atoms with E-state index in [9.17, 15) is 4.79 Å². The number of carbonyl (C=O) groups is 1. The topological polar surface area (TPSA) is 46.9 Å². The van der Waals surface area contributed by atoms with Gasteiger partial charge in [0.1, 0.15) is 0 Å². The standard InChI is InChI=1S/C17H14ClN3O/c1-12-11-21(20-16(12)13-5-3-2-4-6-13)17(22)19-15-9-7-14(18)8-10-15/h2-11H,1H3,(H,19,22). The van der Waals surface area contributed by atoms with Crippen molar-refractivity contribution in [3.05, 3.63) is 71.4 Å². The number of rotatable bonds is 2. The van der Waals surface area contributed by atoms with Crippen LogP contribution in [0, 0.1) is 6.92 Å². The lowest BCUT2D eigenvalue weighted by Gasteiger charge is -2.04. The molecule has 1 N–H and O–H groups in total. The number of carbonyl (C=O) groups excluding carboxylic acids is 1. The van der Waals surface area contributed by atoms with Crippen molar-refractivity contribution in [1.82, 2.24) is 9.78 Å². The number of benzene rings is 2. The molecule has 3 aromatic rings. The maximum atomic E-state index is 12.3. The Kier molecular flexibility index (Phi) is 3.94. The molecule has 4 nitrogen and oxygen atoms in total. The normalized spacial score (nSPS) is 10.5. The van der Waals surface area contributed by atoms with Gasteiger partial charge in [0.05, 0.1) is 5.69 Å². The van der Waals surface area contributed by atoms with Gasteiger partial charge in [0, 0.05) is 22.5 Å². The number of hydrogen-bond acceptors (Lipinski definition) is 2. The van der Waals surface area contributed by atoms with E-state index in [1.54, 1.807) is 30.5 Å². The third-order valence-corrected chi connectivity index (χ3v) is 3.50. The summed E-state index contributed by atoms with van der Waals surface area (Å²) in [4.78, 5) is 12.3. The van der Waals surface area contributed by atoms with E-state index in [0.717, 1.165) is 16.8 Å². The van der Waals surface area contributed by atoms with Crippen molar-refractivity contribution in [2.45, 2.75) is 6.92 Å². The van der Waals surface area contributed by atoms with Crippen LogP contribution in [0.4, 0.5) is 10.5 Å². The van der Waals surface area contributed by atoms with Gasteiger partial charge in [0.2, 0.25) is 0 Å². The van der Waals surface area contributed by atoms with Gasteiger partial charge in [-0.25, -0.2) is 4.79 Å². The SMILES string of the molecule is Cc1cn(C(=O)Nc2ccc(Cl)cc2)nc1-c1ccccc1. The first-order chi connectivity index (χ1) is 10.6. The summed E-state index contributed by atoms with van der Waals surface area (Å²) in [6.45, 7) is 1.93. The van der Waals surface area contributed by atoms with Crippen LogP contribution in [0.25, 0.3) is 11.3 Å². The molecule has 110 valence electrons. The van der Waals surface area contributed by atoms with E-state index in [4.69, 9.17) is 11.6 Å². The predicted molar refractivity (Wildman–Crippen MR) is 88.3 cm³/mol. The Hall–Kier alpha value is -2.59. The van der Waals surface area contributed by atoms with Crippen LogP contribution in [0.3, 0.4) is 0 Å². The van der Waals surface area contributed by atoms with E-state index in [1.807, 2.05) is 37.3 Å². The molecule has 0 bridgehead atoms. The minimum atomic E-state index is -0.312. The monoisotopic (exact) mass is 311 g/mol. The number of amides is 1. The predicted octanol–water partition coefficient (Wildman–Crippen LogP) is 4.59. The summed E-state index contributed by atoms with van der Waals surface area (Å²) in [7, 11) is 0. The van der Waals surface area contributed by atoms with Crippen LogP contribution in [0.5, 0.6) is 0 Å². The molecule has 0 atom stereocenters. The van der Waals surface area contributed by atoms with Gasteiger partial charge in [-0.3, -0.25) is 0 Å². The van der Waals surface area contributed by atoms with Gasteiger partial charge in [-0.05, 0) is 36.8 Å². The third-order valence-electron chi connectivity index (χ3n) is 3.25. The minimum Gasteiger partial charge on any atom is -0.306 e. The van der Waals surface area contributed by atoms with E-state index < -0.39 is 0 Å². The highest BCUT2D eigenvalue weighted by Gasteiger charge is 2.12. The quantitative estimate of drug-likeness (QED) is 0.752. The molecule has 1 aromatic heterocycles. The van der Waals surface area contributed by atoms with Crippen molar-refractivity contribution in [3.63, 3.8) is 0 Å². The van der Waals surface area contributed by atoms with Gasteiger partial charge in [-0.2, -0.15) is 9.78 Å². The Morgan fingerprint density at radius 1 is 1.09 bits per heavy atom. The molecule has 0 aliphatic heterocycles. The first-order valence-electron chi connectivity index (χ1n) is 6.82. The van der Waals surface area contributed by atoms with Crippen LogP contribution < -0.4 is 5.32 Å². The highest BCUT2D eigenvalue weighted by Crippen LogP contribution is 2.21. The van der Waals surface area contributed by atoms with Crippen LogP contribution in [0.15, 0.2) is 60.8 Å². The molecule has 0 unspecified atom stereocenters. The molecule has 1 heterocycles. The summed E-state index contributed by atoms with van der Waals surface area (Å²) in [5.74, 6) is 0. The molecule has 0 aliphatic rings. The fourth-order valence-corrected chi connectivity index (χ4v) is 2.29. The van der Waals surface area contributed by atoms with Gasteiger partial charge in [0.25, 0.3) is 0 Å². The molecule has 0 fully saturated rings. The van der Waals surface area contributed by atoms with Crippen molar-refractivity contribution in [3.8, 4) is 11.3 Å². The molecule has 5 heteroatoms. The van der Waals surface area contributed by atoms with Crippen LogP contribution in [0.1, 0.15) is 5.56 Å².